The molecular weight excluding hydrogens is 332 g/mol. The molecule has 1 aromatic rings. The van der Waals surface area contributed by atoms with Crippen LogP contribution in [0.25, 0.3) is 0 Å². The van der Waals surface area contributed by atoms with Gasteiger partial charge in [0.05, 0.1) is 0 Å². The zero-order chi connectivity index (χ0) is 13.5. The standard InChI is InChI=1S/C13H20BrClN2S/c1-17(7-8-18-2)6-5-13(16)11-4-3-10(14)9-12(11)15/h3-4,9,13H,5-8,16H2,1-2H3. The van der Waals surface area contributed by atoms with E-state index in [-0.39, 0.29) is 6.04 Å². The third kappa shape index (κ3) is 5.49. The smallest absolute Gasteiger partial charge is 0.0464 e. The molecule has 0 radical (unpaired) electrons. The topological polar surface area (TPSA) is 29.3 Å². The molecule has 2 N–H and O–H groups in total. The largest absolute Gasteiger partial charge is 0.324 e. The first-order valence-electron chi connectivity index (χ1n) is 5.92. The lowest BCUT2D eigenvalue weighted by Crippen LogP contribution is -2.25. The van der Waals surface area contributed by atoms with Crippen molar-refractivity contribution in [2.45, 2.75) is 12.5 Å². The van der Waals surface area contributed by atoms with Gasteiger partial charge in [-0.25, -0.2) is 0 Å². The number of hydrogen-bond acceptors (Lipinski definition) is 3. The third-order valence-electron chi connectivity index (χ3n) is 2.86. The minimum absolute atomic E-state index is 0.00216. The Bertz CT molecular complexity index is 376. The number of nitrogens with zero attached hydrogens (tertiary/aromatic N) is 1. The van der Waals surface area contributed by atoms with Crippen LogP contribution in [-0.2, 0) is 0 Å². The van der Waals surface area contributed by atoms with Crippen molar-refractivity contribution in [2.24, 2.45) is 5.73 Å². The highest BCUT2D eigenvalue weighted by molar-refractivity contribution is 9.10. The Morgan fingerprint density at radius 2 is 2.17 bits per heavy atom. The number of benzene rings is 1. The van der Waals surface area contributed by atoms with E-state index in [4.69, 9.17) is 17.3 Å². The van der Waals surface area contributed by atoms with Crippen molar-refractivity contribution in [1.82, 2.24) is 4.90 Å². The maximum absolute atomic E-state index is 6.20. The third-order valence-corrected chi connectivity index (χ3v) is 4.27. The Kier molecular flexibility index (Phi) is 7.64. The normalized spacial score (nSPS) is 13.0. The zero-order valence-corrected chi connectivity index (χ0v) is 14.0. The van der Waals surface area contributed by atoms with E-state index in [2.05, 4.69) is 34.1 Å². The summed E-state index contributed by atoms with van der Waals surface area (Å²) in [5, 5.41) is 0.739. The highest BCUT2D eigenvalue weighted by atomic mass is 79.9. The van der Waals surface area contributed by atoms with Gasteiger partial charge in [-0.3, -0.25) is 0 Å². The van der Waals surface area contributed by atoms with E-state index >= 15 is 0 Å². The van der Waals surface area contributed by atoms with Gasteiger partial charge in [-0.2, -0.15) is 11.8 Å². The van der Waals surface area contributed by atoms with Crippen LogP contribution < -0.4 is 5.73 Å². The van der Waals surface area contributed by atoms with E-state index in [1.807, 2.05) is 30.0 Å². The molecule has 0 spiro atoms. The Labute approximate surface area is 127 Å². The molecule has 0 saturated carbocycles. The maximum Gasteiger partial charge on any atom is 0.0464 e. The molecule has 0 aliphatic carbocycles. The van der Waals surface area contributed by atoms with Crippen LogP contribution in [0, 0.1) is 0 Å². The van der Waals surface area contributed by atoms with Gasteiger partial charge in [-0.05, 0) is 44.0 Å². The quantitative estimate of drug-likeness (QED) is 0.810. The highest BCUT2D eigenvalue weighted by Crippen LogP contribution is 2.26. The molecule has 2 nitrogen and oxygen atoms in total. The van der Waals surface area contributed by atoms with Crippen molar-refractivity contribution in [3.05, 3.63) is 33.3 Å². The van der Waals surface area contributed by atoms with Crippen molar-refractivity contribution >= 4 is 39.3 Å². The van der Waals surface area contributed by atoms with Gasteiger partial charge in [0, 0.05) is 27.8 Å². The van der Waals surface area contributed by atoms with Crippen LogP contribution in [0.1, 0.15) is 18.0 Å². The second kappa shape index (κ2) is 8.43. The lowest BCUT2D eigenvalue weighted by molar-refractivity contribution is 0.337. The molecular formula is C13H20BrClN2S. The summed E-state index contributed by atoms with van der Waals surface area (Å²) in [6.45, 7) is 2.09. The van der Waals surface area contributed by atoms with Crippen LogP contribution in [-0.4, -0.2) is 37.0 Å². The van der Waals surface area contributed by atoms with Crippen LogP contribution in [0.15, 0.2) is 22.7 Å². The average molecular weight is 352 g/mol. The summed E-state index contributed by atoms with van der Waals surface area (Å²) in [5.41, 5.74) is 7.22. The van der Waals surface area contributed by atoms with Crippen molar-refractivity contribution in [2.75, 3.05) is 32.1 Å². The lowest BCUT2D eigenvalue weighted by Gasteiger charge is -2.19. The Hall–Kier alpha value is 0.260. The van der Waals surface area contributed by atoms with Crippen molar-refractivity contribution in [3.63, 3.8) is 0 Å². The first-order valence-corrected chi connectivity index (χ1v) is 8.49. The van der Waals surface area contributed by atoms with Gasteiger partial charge >= 0.3 is 0 Å². The summed E-state index contributed by atoms with van der Waals surface area (Å²) >= 11 is 11.5. The predicted octanol–water partition coefficient (Wildman–Crippen LogP) is 3.79. The fourth-order valence-corrected chi connectivity index (χ4v) is 2.98. The molecule has 5 heteroatoms. The van der Waals surface area contributed by atoms with Gasteiger partial charge in [0.25, 0.3) is 0 Å². The van der Waals surface area contributed by atoms with Crippen LogP contribution >= 0.6 is 39.3 Å². The van der Waals surface area contributed by atoms with E-state index in [0.29, 0.717) is 0 Å². The molecule has 0 heterocycles. The monoisotopic (exact) mass is 350 g/mol. The number of halogens is 2. The molecule has 0 aliphatic rings. The Morgan fingerprint density at radius 3 is 2.78 bits per heavy atom. The second-order valence-corrected chi connectivity index (χ2v) is 6.67. The van der Waals surface area contributed by atoms with Gasteiger partial charge < -0.3 is 10.6 Å². The molecule has 1 aromatic carbocycles. The SMILES string of the molecule is CSCCN(C)CCC(N)c1ccc(Br)cc1Cl. The van der Waals surface area contributed by atoms with Gasteiger partial charge in [0.15, 0.2) is 0 Å². The fourth-order valence-electron chi connectivity index (χ4n) is 1.68. The van der Waals surface area contributed by atoms with E-state index < -0.39 is 0 Å². The first-order chi connectivity index (χ1) is 8.54. The number of nitrogens with two attached hydrogens (primary N) is 1. The molecule has 0 fully saturated rings. The number of rotatable bonds is 7. The summed E-state index contributed by atoms with van der Waals surface area (Å²) < 4.78 is 0.987. The highest BCUT2D eigenvalue weighted by Gasteiger charge is 2.11. The summed E-state index contributed by atoms with van der Waals surface area (Å²) in [7, 11) is 2.13. The molecule has 18 heavy (non-hydrogen) atoms. The number of thioether (sulfide) groups is 1. The second-order valence-electron chi connectivity index (χ2n) is 4.36. The molecule has 0 aliphatic heterocycles. The zero-order valence-electron chi connectivity index (χ0n) is 10.8. The van der Waals surface area contributed by atoms with Gasteiger partial charge in [-0.15, -0.1) is 0 Å². The molecule has 0 amide bonds. The predicted molar refractivity (Wildman–Crippen MR) is 86.6 cm³/mol. The molecule has 0 saturated heterocycles. The van der Waals surface area contributed by atoms with E-state index in [0.717, 1.165) is 40.3 Å². The van der Waals surface area contributed by atoms with Crippen LogP contribution in [0.5, 0.6) is 0 Å². The summed E-state index contributed by atoms with van der Waals surface area (Å²) in [5.74, 6) is 1.16. The summed E-state index contributed by atoms with van der Waals surface area (Å²) in [4.78, 5) is 2.31. The van der Waals surface area contributed by atoms with Gasteiger partial charge in [0.1, 0.15) is 0 Å². The van der Waals surface area contributed by atoms with Crippen LogP contribution in [0.4, 0.5) is 0 Å². The lowest BCUT2D eigenvalue weighted by atomic mass is 10.0. The summed E-state index contributed by atoms with van der Waals surface area (Å²) in [6, 6.07) is 5.88. The van der Waals surface area contributed by atoms with Gasteiger partial charge in [-0.1, -0.05) is 33.6 Å². The first kappa shape index (κ1) is 16.3. The van der Waals surface area contributed by atoms with Gasteiger partial charge in [0.2, 0.25) is 0 Å². The Balaban J connectivity index is 2.47. The Morgan fingerprint density at radius 1 is 1.44 bits per heavy atom. The summed E-state index contributed by atoms with van der Waals surface area (Å²) in [6.07, 6.45) is 3.05. The molecule has 1 atom stereocenters. The van der Waals surface area contributed by atoms with Crippen molar-refractivity contribution in [3.8, 4) is 0 Å². The molecule has 102 valence electrons. The molecule has 0 bridgehead atoms. The van der Waals surface area contributed by atoms with Crippen molar-refractivity contribution in [1.29, 1.82) is 0 Å². The number of hydrogen-bond donors (Lipinski definition) is 1. The van der Waals surface area contributed by atoms with Crippen LogP contribution in [0.2, 0.25) is 5.02 Å². The molecule has 0 aromatic heterocycles. The van der Waals surface area contributed by atoms with Crippen molar-refractivity contribution < 1.29 is 0 Å². The molecule has 1 rings (SSSR count). The fraction of sp³-hybridized carbons (Fsp3) is 0.538. The maximum atomic E-state index is 6.20. The molecule has 1 unspecified atom stereocenters. The minimum atomic E-state index is 0.00216. The van der Waals surface area contributed by atoms with E-state index in [1.165, 1.54) is 0 Å². The minimum Gasteiger partial charge on any atom is -0.324 e. The van der Waals surface area contributed by atoms with E-state index in [9.17, 15) is 0 Å². The average Bonchev–Trinajstić information content (AvgIpc) is 2.33. The van der Waals surface area contributed by atoms with Crippen LogP contribution in [0.3, 0.4) is 0 Å². The van der Waals surface area contributed by atoms with E-state index in [1.54, 1.807) is 0 Å².